The first-order valence-electron chi connectivity index (χ1n) is 13.4. The van der Waals surface area contributed by atoms with Crippen LogP contribution in [0.2, 0.25) is 0 Å². The topological polar surface area (TPSA) is 58.7 Å². The summed E-state index contributed by atoms with van der Waals surface area (Å²) in [6.07, 6.45) is 16.5. The normalized spacial score (nSPS) is 40.2. The molecule has 0 bridgehead atoms. The van der Waals surface area contributed by atoms with E-state index in [-0.39, 0.29) is 5.78 Å². The Labute approximate surface area is 195 Å². The standard InChI is InChI=1S/C26H37N3O.C2H6/c1-17-3-6-22-19(11-17)4-7-24-23(22)9-10-26(2)20(5-8-25(24)26)12-21(30)16-29-15-18(13-27)14-28-29;1-2/h14-15,17,19-20,22-25H,3-12,16H2,1-2H3;1-2H3. The number of nitrogens with zero attached hydrogens (tertiary/aromatic N) is 3. The van der Waals surface area contributed by atoms with Gasteiger partial charge >= 0.3 is 0 Å². The van der Waals surface area contributed by atoms with Gasteiger partial charge in [-0.05, 0) is 98.2 Å². The molecule has 0 aliphatic heterocycles. The van der Waals surface area contributed by atoms with Crippen LogP contribution in [-0.2, 0) is 11.3 Å². The van der Waals surface area contributed by atoms with Gasteiger partial charge in [-0.15, -0.1) is 0 Å². The number of aromatic nitrogens is 2. The van der Waals surface area contributed by atoms with Crippen molar-refractivity contribution in [2.24, 2.45) is 46.8 Å². The molecule has 176 valence electrons. The van der Waals surface area contributed by atoms with E-state index in [1.54, 1.807) is 17.1 Å². The summed E-state index contributed by atoms with van der Waals surface area (Å²) in [5.74, 6) is 6.49. The molecule has 1 aromatic rings. The van der Waals surface area contributed by atoms with E-state index in [1.807, 2.05) is 13.8 Å². The number of Topliss-reactive ketones (excluding diaryl/α,β-unsaturated/α-hetero) is 1. The van der Waals surface area contributed by atoms with Crippen molar-refractivity contribution in [3.8, 4) is 6.07 Å². The summed E-state index contributed by atoms with van der Waals surface area (Å²) in [6, 6.07) is 2.09. The maximum absolute atomic E-state index is 12.8. The van der Waals surface area contributed by atoms with E-state index in [1.165, 1.54) is 57.8 Å². The first kappa shape index (κ1) is 23.5. The van der Waals surface area contributed by atoms with Crippen molar-refractivity contribution in [3.63, 3.8) is 0 Å². The van der Waals surface area contributed by atoms with Crippen LogP contribution < -0.4 is 0 Å². The van der Waals surface area contributed by atoms with E-state index in [4.69, 9.17) is 5.26 Å². The molecule has 5 rings (SSSR count). The molecule has 4 fully saturated rings. The molecule has 8 atom stereocenters. The van der Waals surface area contributed by atoms with Gasteiger partial charge in [0, 0.05) is 12.6 Å². The van der Waals surface area contributed by atoms with Gasteiger partial charge in [0.05, 0.1) is 18.3 Å². The lowest BCUT2D eigenvalue weighted by atomic mass is 9.49. The second kappa shape index (κ2) is 9.70. The van der Waals surface area contributed by atoms with Gasteiger partial charge in [-0.3, -0.25) is 9.48 Å². The predicted octanol–water partition coefficient (Wildman–Crippen LogP) is 6.65. The fourth-order valence-electron chi connectivity index (χ4n) is 8.56. The molecule has 0 amide bonds. The number of carbonyl (C=O) groups excluding carboxylic acids is 1. The highest BCUT2D eigenvalue weighted by Crippen LogP contribution is 2.64. The first-order chi connectivity index (χ1) is 15.5. The van der Waals surface area contributed by atoms with Gasteiger partial charge in [0.2, 0.25) is 0 Å². The third-order valence-corrected chi connectivity index (χ3v) is 9.99. The Morgan fingerprint density at radius 2 is 1.91 bits per heavy atom. The van der Waals surface area contributed by atoms with E-state index < -0.39 is 0 Å². The van der Waals surface area contributed by atoms with E-state index in [2.05, 4.69) is 25.0 Å². The molecule has 0 radical (unpaired) electrons. The number of hydrogen-bond donors (Lipinski definition) is 0. The zero-order valence-corrected chi connectivity index (χ0v) is 20.7. The molecule has 4 aliphatic carbocycles. The van der Waals surface area contributed by atoms with E-state index in [9.17, 15) is 4.79 Å². The molecule has 4 nitrogen and oxygen atoms in total. The van der Waals surface area contributed by atoms with Crippen LogP contribution in [0.5, 0.6) is 0 Å². The summed E-state index contributed by atoms with van der Waals surface area (Å²) < 4.78 is 1.64. The monoisotopic (exact) mass is 437 g/mol. The van der Waals surface area contributed by atoms with Crippen LogP contribution >= 0.6 is 0 Å². The Bertz CT molecular complexity index is 838. The van der Waals surface area contributed by atoms with Crippen LogP contribution in [0.15, 0.2) is 12.4 Å². The Morgan fingerprint density at radius 3 is 2.66 bits per heavy atom. The highest BCUT2D eigenvalue weighted by atomic mass is 16.1. The summed E-state index contributed by atoms with van der Waals surface area (Å²) in [6.45, 7) is 9.30. The highest BCUT2D eigenvalue weighted by molar-refractivity contribution is 5.78. The van der Waals surface area contributed by atoms with Crippen molar-refractivity contribution >= 4 is 5.78 Å². The molecular formula is C28H43N3O. The maximum atomic E-state index is 12.8. The Morgan fingerprint density at radius 1 is 1.12 bits per heavy atom. The molecule has 4 heteroatoms. The molecule has 8 unspecified atom stereocenters. The SMILES string of the molecule is CC.CC1CCC2C(CCC3C2CCC2(C)C(CC(=O)Cn4cc(C#N)cn4)CCC32)C1. The average Bonchev–Trinajstić information content (AvgIpc) is 3.38. The molecular weight excluding hydrogens is 394 g/mol. The molecule has 0 aromatic carbocycles. The minimum Gasteiger partial charge on any atom is -0.298 e. The van der Waals surface area contributed by atoms with Gasteiger partial charge in [0.1, 0.15) is 6.07 Å². The summed E-state index contributed by atoms with van der Waals surface area (Å²) in [4.78, 5) is 12.8. The second-order valence-corrected chi connectivity index (χ2v) is 11.5. The Balaban J connectivity index is 0.00000119. The summed E-state index contributed by atoms with van der Waals surface area (Å²) in [5.41, 5.74) is 0.884. The summed E-state index contributed by atoms with van der Waals surface area (Å²) >= 11 is 0. The fraction of sp³-hybridized carbons (Fsp3) is 0.821. The predicted molar refractivity (Wildman–Crippen MR) is 128 cm³/mol. The van der Waals surface area contributed by atoms with Gasteiger partial charge < -0.3 is 0 Å². The third-order valence-electron chi connectivity index (χ3n) is 9.99. The minimum absolute atomic E-state index is 0.279. The van der Waals surface area contributed by atoms with Crippen LogP contribution in [0.1, 0.15) is 97.5 Å². The molecule has 0 N–H and O–H groups in total. The van der Waals surface area contributed by atoms with Crippen LogP contribution in [0.4, 0.5) is 0 Å². The maximum Gasteiger partial charge on any atom is 0.154 e. The quantitative estimate of drug-likeness (QED) is 0.530. The lowest BCUT2D eigenvalue weighted by molar-refractivity contribution is -0.123. The minimum atomic E-state index is 0.279. The molecule has 0 saturated heterocycles. The van der Waals surface area contributed by atoms with E-state index in [0.717, 1.165) is 35.5 Å². The number of rotatable bonds is 4. The number of ketones is 1. The van der Waals surface area contributed by atoms with Gasteiger partial charge in [0.15, 0.2) is 5.78 Å². The summed E-state index contributed by atoms with van der Waals surface area (Å²) in [5, 5.41) is 13.1. The number of nitriles is 1. The van der Waals surface area contributed by atoms with Crippen molar-refractivity contribution in [1.29, 1.82) is 5.26 Å². The zero-order chi connectivity index (χ0) is 22.9. The van der Waals surface area contributed by atoms with Crippen LogP contribution in [0.25, 0.3) is 0 Å². The van der Waals surface area contributed by atoms with Crippen LogP contribution in [0.3, 0.4) is 0 Å². The molecule has 32 heavy (non-hydrogen) atoms. The highest BCUT2D eigenvalue weighted by Gasteiger charge is 2.56. The molecule has 1 heterocycles. The van der Waals surface area contributed by atoms with Gasteiger partial charge in [-0.1, -0.05) is 34.1 Å². The van der Waals surface area contributed by atoms with Crippen molar-refractivity contribution in [2.75, 3.05) is 0 Å². The lowest BCUT2D eigenvalue weighted by Crippen LogP contribution is -2.48. The number of fused-ring (bicyclic) bond motifs is 5. The van der Waals surface area contributed by atoms with Crippen molar-refractivity contribution < 1.29 is 4.79 Å². The first-order valence-corrected chi connectivity index (χ1v) is 13.4. The van der Waals surface area contributed by atoms with Crippen LogP contribution in [-0.4, -0.2) is 15.6 Å². The van der Waals surface area contributed by atoms with Gasteiger partial charge in [0.25, 0.3) is 0 Å². The Hall–Kier alpha value is -1.63. The molecule has 1 aromatic heterocycles. The molecule has 4 saturated carbocycles. The van der Waals surface area contributed by atoms with Crippen LogP contribution in [0, 0.1) is 58.2 Å². The number of hydrogen-bond acceptors (Lipinski definition) is 3. The molecule has 0 spiro atoms. The number of carbonyl (C=O) groups is 1. The second-order valence-electron chi connectivity index (χ2n) is 11.5. The largest absolute Gasteiger partial charge is 0.298 e. The smallest absolute Gasteiger partial charge is 0.154 e. The lowest BCUT2D eigenvalue weighted by Gasteiger charge is -2.56. The van der Waals surface area contributed by atoms with Crippen molar-refractivity contribution in [3.05, 3.63) is 18.0 Å². The molecule has 4 aliphatic rings. The van der Waals surface area contributed by atoms with Crippen molar-refractivity contribution in [2.45, 2.75) is 98.4 Å². The average molecular weight is 438 g/mol. The van der Waals surface area contributed by atoms with Gasteiger partial charge in [-0.2, -0.15) is 10.4 Å². The van der Waals surface area contributed by atoms with Crippen molar-refractivity contribution in [1.82, 2.24) is 9.78 Å². The van der Waals surface area contributed by atoms with Gasteiger partial charge in [-0.25, -0.2) is 0 Å². The van der Waals surface area contributed by atoms with E-state index in [0.29, 0.717) is 29.9 Å². The fourth-order valence-corrected chi connectivity index (χ4v) is 8.56. The third kappa shape index (κ3) is 4.29. The Kier molecular flexibility index (Phi) is 7.13. The summed E-state index contributed by atoms with van der Waals surface area (Å²) in [7, 11) is 0. The van der Waals surface area contributed by atoms with E-state index >= 15 is 0 Å². The zero-order valence-electron chi connectivity index (χ0n) is 20.7.